The van der Waals surface area contributed by atoms with Crippen LogP contribution in [-0.2, 0) is 7.05 Å². The molecular formula is C21H28N4O3. The van der Waals surface area contributed by atoms with Crippen LogP contribution in [0.15, 0.2) is 29.1 Å². The highest BCUT2D eigenvalue weighted by Crippen LogP contribution is 2.33. The third-order valence-electron chi connectivity index (χ3n) is 6.06. The van der Waals surface area contributed by atoms with Crippen LogP contribution in [0.1, 0.15) is 66.7 Å². The first kappa shape index (κ1) is 18.8. The molecule has 0 bridgehead atoms. The van der Waals surface area contributed by atoms with Crippen molar-refractivity contribution in [2.24, 2.45) is 7.05 Å². The third kappa shape index (κ3) is 3.45. The van der Waals surface area contributed by atoms with E-state index in [2.05, 4.69) is 5.10 Å². The molecule has 1 amide bonds. The summed E-state index contributed by atoms with van der Waals surface area (Å²) >= 11 is 0. The number of ether oxygens (including phenoxy) is 1. The molecule has 2 aromatic rings. The molecule has 2 heterocycles. The van der Waals surface area contributed by atoms with Gasteiger partial charge in [0.05, 0.1) is 7.11 Å². The zero-order chi connectivity index (χ0) is 19.7. The summed E-state index contributed by atoms with van der Waals surface area (Å²) in [5.74, 6) is 1.63. The summed E-state index contributed by atoms with van der Waals surface area (Å²) in [4.78, 5) is 27.6. The second kappa shape index (κ2) is 7.81. The van der Waals surface area contributed by atoms with Crippen LogP contribution in [0.2, 0.25) is 0 Å². The van der Waals surface area contributed by atoms with Crippen molar-refractivity contribution in [2.75, 3.05) is 20.2 Å². The van der Waals surface area contributed by atoms with E-state index in [1.807, 2.05) is 27.7 Å². The normalized spacial score (nSPS) is 20.5. The average molecular weight is 384 g/mol. The summed E-state index contributed by atoms with van der Waals surface area (Å²) in [6, 6.07) is 7.53. The van der Waals surface area contributed by atoms with Crippen LogP contribution in [0, 0.1) is 0 Å². The molecule has 1 atom stereocenters. The van der Waals surface area contributed by atoms with Gasteiger partial charge in [-0.15, -0.1) is 0 Å². The minimum atomic E-state index is -0.0295. The van der Waals surface area contributed by atoms with Gasteiger partial charge in [0.25, 0.3) is 5.91 Å². The van der Waals surface area contributed by atoms with Gasteiger partial charge in [0.1, 0.15) is 11.6 Å². The number of aromatic nitrogens is 3. The number of rotatable bonds is 4. The van der Waals surface area contributed by atoms with Gasteiger partial charge in [-0.1, -0.05) is 18.9 Å². The van der Waals surface area contributed by atoms with E-state index in [0.717, 1.165) is 50.9 Å². The molecule has 2 aliphatic rings. The van der Waals surface area contributed by atoms with Gasteiger partial charge in [-0.05, 0) is 43.9 Å². The maximum atomic E-state index is 13.0. The summed E-state index contributed by atoms with van der Waals surface area (Å²) in [5.41, 5.74) is 0.604. The fraction of sp³-hybridized carbons (Fsp3) is 0.571. The number of carbonyl (C=O) groups is 1. The van der Waals surface area contributed by atoms with Crippen LogP contribution in [0.4, 0.5) is 0 Å². The van der Waals surface area contributed by atoms with Crippen LogP contribution in [0.5, 0.6) is 5.75 Å². The van der Waals surface area contributed by atoms with E-state index in [-0.39, 0.29) is 23.6 Å². The van der Waals surface area contributed by atoms with Crippen LogP contribution in [-0.4, -0.2) is 45.4 Å². The van der Waals surface area contributed by atoms with Crippen molar-refractivity contribution in [3.63, 3.8) is 0 Å². The minimum absolute atomic E-state index is 0.00861. The highest BCUT2D eigenvalue weighted by atomic mass is 16.5. The van der Waals surface area contributed by atoms with E-state index < -0.39 is 0 Å². The molecule has 1 saturated heterocycles. The second-order valence-electron chi connectivity index (χ2n) is 7.89. The lowest BCUT2D eigenvalue weighted by molar-refractivity contribution is 0.0702. The first-order chi connectivity index (χ1) is 13.6. The fourth-order valence-electron chi connectivity index (χ4n) is 4.59. The predicted molar refractivity (Wildman–Crippen MR) is 106 cm³/mol. The molecule has 0 spiro atoms. The lowest BCUT2D eigenvalue weighted by atomic mass is 9.96. The molecule has 1 aliphatic carbocycles. The number of hydrogen-bond acceptors (Lipinski definition) is 4. The van der Waals surface area contributed by atoms with E-state index in [0.29, 0.717) is 17.9 Å². The summed E-state index contributed by atoms with van der Waals surface area (Å²) in [6.07, 6.45) is 6.27. The molecule has 0 radical (unpaired) electrons. The number of nitrogens with zero attached hydrogens (tertiary/aromatic N) is 4. The van der Waals surface area contributed by atoms with Crippen LogP contribution in [0.3, 0.4) is 0 Å². The highest BCUT2D eigenvalue weighted by molar-refractivity contribution is 5.94. The number of likely N-dealkylation sites (tertiary alicyclic amines) is 1. The molecule has 7 heteroatoms. The Hall–Kier alpha value is -2.57. The number of aryl methyl sites for hydroxylation is 1. The first-order valence-corrected chi connectivity index (χ1v) is 10.2. The van der Waals surface area contributed by atoms with E-state index in [9.17, 15) is 9.59 Å². The zero-order valence-corrected chi connectivity index (χ0v) is 16.6. The summed E-state index contributed by atoms with van der Waals surface area (Å²) < 4.78 is 8.62. The van der Waals surface area contributed by atoms with Crippen molar-refractivity contribution in [3.05, 3.63) is 46.1 Å². The molecule has 1 unspecified atom stereocenters. The zero-order valence-electron chi connectivity index (χ0n) is 16.6. The smallest absolute Gasteiger partial charge is 0.345 e. The largest absolute Gasteiger partial charge is 0.497 e. The molecule has 150 valence electrons. The fourth-order valence-corrected chi connectivity index (χ4v) is 4.59. The quantitative estimate of drug-likeness (QED) is 0.813. The maximum absolute atomic E-state index is 13.0. The van der Waals surface area contributed by atoms with Crippen LogP contribution >= 0.6 is 0 Å². The molecule has 28 heavy (non-hydrogen) atoms. The minimum Gasteiger partial charge on any atom is -0.497 e. The Bertz CT molecular complexity index is 911. The number of piperidine rings is 1. The Morgan fingerprint density at radius 3 is 2.71 bits per heavy atom. The van der Waals surface area contributed by atoms with E-state index in [1.165, 1.54) is 4.68 Å². The van der Waals surface area contributed by atoms with Gasteiger partial charge < -0.3 is 9.64 Å². The Morgan fingerprint density at radius 2 is 1.96 bits per heavy atom. The summed E-state index contributed by atoms with van der Waals surface area (Å²) in [5, 5.41) is 4.58. The van der Waals surface area contributed by atoms with Gasteiger partial charge in [-0.3, -0.25) is 9.36 Å². The van der Waals surface area contributed by atoms with Crippen LogP contribution in [0.25, 0.3) is 0 Å². The molecule has 1 aromatic carbocycles. The number of carbonyl (C=O) groups excluding carboxylic acids is 1. The standard InChI is InChI=1S/C21H28N4O3/c1-23-21(27)25(17-9-3-4-10-17)19(22-23)16-8-6-12-24(14-16)20(26)15-7-5-11-18(13-15)28-2/h5,7,11,13,16-17H,3-4,6,8-10,12,14H2,1-2H3. The van der Waals surface area contributed by atoms with Gasteiger partial charge in [-0.2, -0.15) is 5.10 Å². The van der Waals surface area contributed by atoms with Gasteiger partial charge in [0, 0.05) is 37.7 Å². The lowest BCUT2D eigenvalue weighted by Crippen LogP contribution is -2.40. The van der Waals surface area contributed by atoms with Crippen LogP contribution < -0.4 is 10.4 Å². The Labute approximate surface area is 164 Å². The van der Waals surface area contributed by atoms with Crippen molar-refractivity contribution in [1.29, 1.82) is 0 Å². The second-order valence-corrected chi connectivity index (χ2v) is 7.89. The molecule has 4 rings (SSSR count). The van der Waals surface area contributed by atoms with E-state index in [4.69, 9.17) is 4.74 Å². The Balaban J connectivity index is 1.58. The van der Waals surface area contributed by atoms with Crippen molar-refractivity contribution < 1.29 is 9.53 Å². The Kier molecular flexibility index (Phi) is 5.24. The van der Waals surface area contributed by atoms with E-state index in [1.54, 1.807) is 20.2 Å². The SMILES string of the molecule is COc1cccc(C(=O)N2CCCC(c3nn(C)c(=O)n3C3CCCC3)C2)c1. The number of methoxy groups -OCH3 is 1. The van der Waals surface area contributed by atoms with Crippen molar-refractivity contribution >= 4 is 5.91 Å². The molecule has 1 saturated carbocycles. The summed E-state index contributed by atoms with van der Waals surface area (Å²) in [6.45, 7) is 1.33. The van der Waals surface area contributed by atoms with Gasteiger partial charge in [-0.25, -0.2) is 9.48 Å². The average Bonchev–Trinajstić information content (AvgIpc) is 3.36. The monoisotopic (exact) mass is 384 g/mol. The highest BCUT2D eigenvalue weighted by Gasteiger charge is 2.32. The van der Waals surface area contributed by atoms with Crippen molar-refractivity contribution in [1.82, 2.24) is 19.2 Å². The molecule has 2 fully saturated rings. The Morgan fingerprint density at radius 1 is 1.18 bits per heavy atom. The molecule has 1 aliphatic heterocycles. The maximum Gasteiger partial charge on any atom is 0.345 e. The number of benzene rings is 1. The van der Waals surface area contributed by atoms with Gasteiger partial charge in [0.2, 0.25) is 0 Å². The summed E-state index contributed by atoms with van der Waals surface area (Å²) in [7, 11) is 3.32. The molecule has 0 N–H and O–H groups in total. The molecular weight excluding hydrogens is 356 g/mol. The number of amides is 1. The van der Waals surface area contributed by atoms with Gasteiger partial charge in [0.15, 0.2) is 0 Å². The molecule has 7 nitrogen and oxygen atoms in total. The molecule has 1 aromatic heterocycles. The van der Waals surface area contributed by atoms with E-state index >= 15 is 0 Å². The lowest BCUT2D eigenvalue weighted by Gasteiger charge is -2.33. The predicted octanol–water partition coefficient (Wildman–Crippen LogP) is 2.73. The third-order valence-corrected chi connectivity index (χ3v) is 6.06. The number of hydrogen-bond donors (Lipinski definition) is 0. The first-order valence-electron chi connectivity index (χ1n) is 10.2. The topological polar surface area (TPSA) is 69.4 Å². The van der Waals surface area contributed by atoms with Crippen molar-refractivity contribution in [2.45, 2.75) is 50.5 Å². The van der Waals surface area contributed by atoms with Gasteiger partial charge >= 0.3 is 5.69 Å². The van der Waals surface area contributed by atoms with Crippen molar-refractivity contribution in [3.8, 4) is 5.75 Å².